The molecule has 0 fully saturated rings. The van der Waals surface area contributed by atoms with E-state index in [-0.39, 0.29) is 0 Å². The molecule has 2 heterocycles. The number of fused-ring (bicyclic) bond motifs is 4. The van der Waals surface area contributed by atoms with Gasteiger partial charge in [-0.05, 0) is 112 Å². The lowest BCUT2D eigenvalue weighted by atomic mass is 10.1. The van der Waals surface area contributed by atoms with E-state index in [4.69, 9.17) is 31.0 Å². The second kappa shape index (κ2) is 15.5. The molecule has 3 N–H and O–H groups in total. The molecule has 0 radical (unpaired) electrons. The van der Waals surface area contributed by atoms with E-state index >= 15 is 0 Å². The normalized spacial score (nSPS) is 11.5. The third kappa shape index (κ3) is 7.80. The van der Waals surface area contributed by atoms with Gasteiger partial charge in [-0.3, -0.25) is 0 Å². The van der Waals surface area contributed by atoms with Crippen LogP contribution in [0.1, 0.15) is 44.1 Å². The Morgan fingerprint density at radius 3 is 1.60 bits per heavy atom. The van der Waals surface area contributed by atoms with Crippen LogP contribution in [0.25, 0.3) is 43.6 Å². The standard InChI is InChI=1S/C39H44ClN5O2/c1-26-10-14-30-36(22-26)44-34-16-12-28(46-2)24-32(34)38(30)42-20-8-4-6-18-41-19-7-5-9-21-43-39-31-15-11-27(40)23-37(31)45-35-17-13-29(47-3)25-33(35)39/h10-17,22-25,41H,4-9,18-21H2,1-3H3,(H,42,44)(H,43,45). The molecule has 47 heavy (non-hydrogen) atoms. The van der Waals surface area contributed by atoms with E-state index in [1.165, 1.54) is 18.4 Å². The van der Waals surface area contributed by atoms with E-state index in [9.17, 15) is 0 Å². The molecule has 0 saturated carbocycles. The topological polar surface area (TPSA) is 80.3 Å². The fourth-order valence-corrected chi connectivity index (χ4v) is 6.39. The zero-order valence-corrected chi connectivity index (χ0v) is 28.3. The van der Waals surface area contributed by atoms with Crippen LogP contribution in [0.3, 0.4) is 0 Å². The zero-order chi connectivity index (χ0) is 32.6. The number of halogens is 1. The van der Waals surface area contributed by atoms with E-state index in [0.717, 1.165) is 118 Å². The Hall–Kier alpha value is -4.33. The highest BCUT2D eigenvalue weighted by atomic mass is 35.5. The van der Waals surface area contributed by atoms with Crippen molar-refractivity contribution in [1.82, 2.24) is 15.3 Å². The Morgan fingerprint density at radius 2 is 1.04 bits per heavy atom. The van der Waals surface area contributed by atoms with E-state index in [2.05, 4.69) is 53.2 Å². The van der Waals surface area contributed by atoms with Crippen LogP contribution in [0.2, 0.25) is 5.02 Å². The summed E-state index contributed by atoms with van der Waals surface area (Å²) in [6, 6.07) is 24.5. The fourth-order valence-electron chi connectivity index (χ4n) is 6.22. The van der Waals surface area contributed by atoms with Gasteiger partial charge in [-0.15, -0.1) is 0 Å². The number of ether oxygens (including phenoxy) is 2. The number of nitrogens with zero attached hydrogens (tertiary/aromatic N) is 2. The Bertz CT molecular complexity index is 1850. The molecule has 6 aromatic rings. The maximum atomic E-state index is 6.28. The number of rotatable bonds is 16. The molecule has 2 aromatic heterocycles. The lowest BCUT2D eigenvalue weighted by molar-refractivity contribution is 0.415. The number of hydrogen-bond acceptors (Lipinski definition) is 7. The molecule has 244 valence electrons. The minimum Gasteiger partial charge on any atom is -0.497 e. The molecule has 6 rings (SSSR count). The molecule has 7 nitrogen and oxygen atoms in total. The summed E-state index contributed by atoms with van der Waals surface area (Å²) in [5.41, 5.74) is 7.28. The van der Waals surface area contributed by atoms with Crippen LogP contribution in [-0.2, 0) is 0 Å². The molecule has 0 atom stereocenters. The highest BCUT2D eigenvalue weighted by molar-refractivity contribution is 6.31. The number of anilines is 2. The van der Waals surface area contributed by atoms with Gasteiger partial charge < -0.3 is 25.4 Å². The van der Waals surface area contributed by atoms with Crippen molar-refractivity contribution in [2.24, 2.45) is 0 Å². The average molecular weight is 650 g/mol. The Labute approximate surface area is 282 Å². The van der Waals surface area contributed by atoms with Crippen molar-refractivity contribution in [3.63, 3.8) is 0 Å². The molecule has 0 amide bonds. The lowest BCUT2D eigenvalue weighted by Crippen LogP contribution is -2.17. The number of unbranched alkanes of at least 4 members (excludes halogenated alkanes) is 4. The maximum Gasteiger partial charge on any atom is 0.119 e. The second-order valence-electron chi connectivity index (χ2n) is 12.1. The molecule has 0 aliphatic rings. The average Bonchev–Trinajstić information content (AvgIpc) is 3.08. The number of nitrogens with one attached hydrogen (secondary N) is 3. The summed E-state index contributed by atoms with van der Waals surface area (Å²) < 4.78 is 11.0. The van der Waals surface area contributed by atoms with Gasteiger partial charge in [0.05, 0.1) is 47.7 Å². The van der Waals surface area contributed by atoms with Crippen LogP contribution >= 0.6 is 11.6 Å². The van der Waals surface area contributed by atoms with E-state index in [0.29, 0.717) is 5.02 Å². The zero-order valence-electron chi connectivity index (χ0n) is 27.6. The smallest absolute Gasteiger partial charge is 0.119 e. The monoisotopic (exact) mass is 649 g/mol. The summed E-state index contributed by atoms with van der Waals surface area (Å²) in [6.07, 6.45) is 6.89. The summed E-state index contributed by atoms with van der Waals surface area (Å²) in [5, 5.41) is 16.2. The van der Waals surface area contributed by atoms with E-state index < -0.39 is 0 Å². The predicted octanol–water partition coefficient (Wildman–Crippen LogP) is 9.52. The third-order valence-electron chi connectivity index (χ3n) is 8.74. The molecule has 0 saturated heterocycles. The van der Waals surface area contributed by atoms with Crippen LogP contribution in [0, 0.1) is 6.92 Å². The maximum absolute atomic E-state index is 6.28. The first-order valence-corrected chi connectivity index (χ1v) is 17.1. The molecule has 0 aliphatic carbocycles. The van der Waals surface area contributed by atoms with E-state index in [1.807, 2.05) is 42.5 Å². The van der Waals surface area contributed by atoms with Crippen molar-refractivity contribution in [3.05, 3.63) is 83.4 Å². The summed E-state index contributed by atoms with van der Waals surface area (Å²) in [6.45, 7) is 6.03. The van der Waals surface area contributed by atoms with Gasteiger partial charge in [-0.25, -0.2) is 9.97 Å². The quantitative estimate of drug-likeness (QED) is 0.0712. The number of methoxy groups -OCH3 is 2. The first kappa shape index (κ1) is 32.6. The predicted molar refractivity (Wildman–Crippen MR) is 199 cm³/mol. The van der Waals surface area contributed by atoms with Gasteiger partial charge in [0, 0.05) is 39.7 Å². The van der Waals surface area contributed by atoms with Gasteiger partial charge in [-0.1, -0.05) is 36.6 Å². The van der Waals surface area contributed by atoms with Crippen molar-refractivity contribution >= 4 is 66.6 Å². The fraction of sp³-hybridized carbons (Fsp3) is 0.333. The highest BCUT2D eigenvalue weighted by Gasteiger charge is 2.12. The summed E-state index contributed by atoms with van der Waals surface area (Å²) in [4.78, 5) is 9.74. The third-order valence-corrected chi connectivity index (χ3v) is 8.98. The number of benzene rings is 4. The molecular weight excluding hydrogens is 606 g/mol. The second-order valence-corrected chi connectivity index (χ2v) is 12.6. The summed E-state index contributed by atoms with van der Waals surface area (Å²) in [7, 11) is 3.40. The summed E-state index contributed by atoms with van der Waals surface area (Å²) in [5.74, 6) is 1.67. The lowest BCUT2D eigenvalue weighted by Gasteiger charge is -2.15. The Kier molecular flexibility index (Phi) is 10.8. The molecule has 4 aromatic carbocycles. The van der Waals surface area contributed by atoms with Crippen LogP contribution in [0.15, 0.2) is 72.8 Å². The molecule has 0 unspecified atom stereocenters. The molecule has 0 aliphatic heterocycles. The largest absolute Gasteiger partial charge is 0.497 e. The first-order chi connectivity index (χ1) is 23.0. The van der Waals surface area contributed by atoms with Crippen molar-refractivity contribution in [1.29, 1.82) is 0 Å². The minimum atomic E-state index is 0.692. The molecule has 8 heteroatoms. The van der Waals surface area contributed by atoms with Crippen molar-refractivity contribution in [2.45, 2.75) is 45.4 Å². The van der Waals surface area contributed by atoms with Gasteiger partial charge in [0.15, 0.2) is 0 Å². The number of hydrogen-bond donors (Lipinski definition) is 3. The van der Waals surface area contributed by atoms with Gasteiger partial charge in [0.2, 0.25) is 0 Å². The number of aromatic nitrogens is 2. The first-order valence-electron chi connectivity index (χ1n) is 16.7. The van der Waals surface area contributed by atoms with Crippen molar-refractivity contribution in [3.8, 4) is 11.5 Å². The molecule has 0 spiro atoms. The molecular formula is C39H44ClN5O2. The van der Waals surface area contributed by atoms with E-state index in [1.54, 1.807) is 14.2 Å². The number of pyridine rings is 2. The van der Waals surface area contributed by atoms with Gasteiger partial charge in [0.1, 0.15) is 11.5 Å². The SMILES string of the molecule is COc1ccc2nc3cc(C)ccc3c(NCCCCCNCCCCCNc3c4ccc(Cl)cc4nc4ccc(OC)cc34)c2c1. The Balaban J connectivity index is 0.913. The Morgan fingerprint density at radius 1 is 0.532 bits per heavy atom. The van der Waals surface area contributed by atoms with Crippen molar-refractivity contribution in [2.75, 3.05) is 51.0 Å². The van der Waals surface area contributed by atoms with Gasteiger partial charge in [0.25, 0.3) is 0 Å². The minimum absolute atomic E-state index is 0.692. The van der Waals surface area contributed by atoms with Crippen LogP contribution in [0.5, 0.6) is 11.5 Å². The molecule has 0 bridgehead atoms. The van der Waals surface area contributed by atoms with Crippen LogP contribution in [0.4, 0.5) is 11.4 Å². The van der Waals surface area contributed by atoms with Crippen LogP contribution < -0.4 is 25.4 Å². The highest BCUT2D eigenvalue weighted by Crippen LogP contribution is 2.35. The summed E-state index contributed by atoms with van der Waals surface area (Å²) >= 11 is 6.28. The van der Waals surface area contributed by atoms with Gasteiger partial charge in [-0.2, -0.15) is 0 Å². The van der Waals surface area contributed by atoms with Gasteiger partial charge >= 0.3 is 0 Å². The number of aryl methyl sites for hydroxylation is 1. The van der Waals surface area contributed by atoms with Crippen LogP contribution in [-0.4, -0.2) is 50.4 Å². The van der Waals surface area contributed by atoms with Crippen molar-refractivity contribution < 1.29 is 9.47 Å².